The van der Waals surface area contributed by atoms with Crippen LogP contribution in [0, 0.1) is 0 Å². The van der Waals surface area contributed by atoms with Gasteiger partial charge >= 0.3 is 0 Å². The van der Waals surface area contributed by atoms with Gasteiger partial charge < -0.3 is 14.4 Å². The highest BCUT2D eigenvalue weighted by Gasteiger charge is 2.24. The van der Waals surface area contributed by atoms with Gasteiger partial charge in [0, 0.05) is 19.5 Å². The SMILES string of the molecule is c1ccc2nc(N3CCCC3)c(OC3CCOC3)nc2c1. The summed E-state index contributed by atoms with van der Waals surface area (Å²) in [6.45, 7) is 3.48. The van der Waals surface area contributed by atoms with Gasteiger partial charge in [0.25, 0.3) is 5.88 Å². The maximum absolute atomic E-state index is 6.09. The lowest BCUT2D eigenvalue weighted by Crippen LogP contribution is -2.23. The zero-order valence-corrected chi connectivity index (χ0v) is 12.0. The quantitative estimate of drug-likeness (QED) is 0.866. The largest absolute Gasteiger partial charge is 0.469 e. The number of benzene rings is 1. The number of rotatable bonds is 3. The number of para-hydroxylation sites is 2. The molecule has 2 aliphatic heterocycles. The molecule has 0 aliphatic carbocycles. The van der Waals surface area contributed by atoms with Gasteiger partial charge in [0.05, 0.1) is 24.2 Å². The Balaban J connectivity index is 1.74. The molecule has 1 unspecified atom stereocenters. The maximum Gasteiger partial charge on any atom is 0.258 e. The van der Waals surface area contributed by atoms with Crippen molar-refractivity contribution in [2.45, 2.75) is 25.4 Å². The molecule has 5 heteroatoms. The van der Waals surface area contributed by atoms with Crippen LogP contribution < -0.4 is 9.64 Å². The fourth-order valence-corrected chi connectivity index (χ4v) is 2.95. The van der Waals surface area contributed by atoms with E-state index in [1.54, 1.807) is 0 Å². The summed E-state index contributed by atoms with van der Waals surface area (Å²) in [4.78, 5) is 11.8. The lowest BCUT2D eigenvalue weighted by molar-refractivity contribution is 0.138. The second-order valence-corrected chi connectivity index (χ2v) is 5.64. The van der Waals surface area contributed by atoms with Crippen molar-refractivity contribution in [3.63, 3.8) is 0 Å². The third-order valence-corrected chi connectivity index (χ3v) is 4.09. The van der Waals surface area contributed by atoms with Gasteiger partial charge in [-0.2, -0.15) is 0 Å². The normalized spacial score (nSPS) is 22.1. The van der Waals surface area contributed by atoms with E-state index in [1.165, 1.54) is 12.8 Å². The van der Waals surface area contributed by atoms with Gasteiger partial charge in [-0.05, 0) is 25.0 Å². The summed E-state index contributed by atoms with van der Waals surface area (Å²) >= 11 is 0. The van der Waals surface area contributed by atoms with Gasteiger partial charge in [0.15, 0.2) is 5.82 Å². The van der Waals surface area contributed by atoms with Crippen molar-refractivity contribution in [1.29, 1.82) is 0 Å². The highest BCUT2D eigenvalue weighted by atomic mass is 16.5. The number of hydrogen-bond donors (Lipinski definition) is 0. The van der Waals surface area contributed by atoms with Crippen molar-refractivity contribution in [1.82, 2.24) is 9.97 Å². The third kappa shape index (κ3) is 2.53. The van der Waals surface area contributed by atoms with Crippen molar-refractivity contribution < 1.29 is 9.47 Å². The van der Waals surface area contributed by atoms with E-state index < -0.39 is 0 Å². The Hall–Kier alpha value is -1.88. The van der Waals surface area contributed by atoms with Crippen LogP contribution in [-0.4, -0.2) is 42.4 Å². The molecule has 110 valence electrons. The first-order chi connectivity index (χ1) is 10.4. The summed E-state index contributed by atoms with van der Waals surface area (Å²) in [6.07, 6.45) is 3.44. The van der Waals surface area contributed by atoms with Crippen LogP contribution in [0.3, 0.4) is 0 Å². The molecule has 2 saturated heterocycles. The summed E-state index contributed by atoms with van der Waals surface area (Å²) in [5.74, 6) is 1.55. The summed E-state index contributed by atoms with van der Waals surface area (Å²) < 4.78 is 11.5. The van der Waals surface area contributed by atoms with Crippen LogP contribution in [0.1, 0.15) is 19.3 Å². The molecule has 1 atom stereocenters. The Morgan fingerprint density at radius 3 is 2.57 bits per heavy atom. The average molecular weight is 285 g/mol. The predicted molar refractivity (Wildman–Crippen MR) is 80.8 cm³/mol. The second kappa shape index (κ2) is 5.48. The molecule has 2 aliphatic rings. The molecule has 0 amide bonds. The van der Waals surface area contributed by atoms with Gasteiger partial charge in [0.1, 0.15) is 6.10 Å². The first-order valence-corrected chi connectivity index (χ1v) is 7.66. The fraction of sp³-hybridized carbons (Fsp3) is 0.500. The van der Waals surface area contributed by atoms with Crippen LogP contribution in [0.15, 0.2) is 24.3 Å². The molecule has 3 heterocycles. The average Bonchev–Trinajstić information content (AvgIpc) is 3.20. The summed E-state index contributed by atoms with van der Waals surface area (Å²) in [5.41, 5.74) is 1.81. The van der Waals surface area contributed by atoms with Crippen LogP contribution in [0.5, 0.6) is 5.88 Å². The molecule has 2 fully saturated rings. The van der Waals surface area contributed by atoms with E-state index in [2.05, 4.69) is 4.90 Å². The number of fused-ring (bicyclic) bond motifs is 1. The Morgan fingerprint density at radius 2 is 1.86 bits per heavy atom. The molecular formula is C16H19N3O2. The van der Waals surface area contributed by atoms with Crippen LogP contribution in [0.4, 0.5) is 5.82 Å². The highest BCUT2D eigenvalue weighted by Crippen LogP contribution is 2.31. The van der Waals surface area contributed by atoms with Crippen molar-refractivity contribution in [2.75, 3.05) is 31.2 Å². The molecule has 0 N–H and O–H groups in total. The zero-order chi connectivity index (χ0) is 14.1. The van der Waals surface area contributed by atoms with E-state index in [0.717, 1.165) is 43.0 Å². The topological polar surface area (TPSA) is 47.5 Å². The van der Waals surface area contributed by atoms with Crippen LogP contribution in [0.2, 0.25) is 0 Å². The van der Waals surface area contributed by atoms with Crippen LogP contribution >= 0.6 is 0 Å². The van der Waals surface area contributed by atoms with E-state index in [-0.39, 0.29) is 6.10 Å². The first kappa shape index (κ1) is 12.8. The Kier molecular flexibility index (Phi) is 3.35. The Labute approximate surface area is 123 Å². The molecule has 0 spiro atoms. The molecule has 1 aromatic carbocycles. The maximum atomic E-state index is 6.09. The van der Waals surface area contributed by atoms with E-state index >= 15 is 0 Å². The van der Waals surface area contributed by atoms with Gasteiger partial charge in [0.2, 0.25) is 0 Å². The van der Waals surface area contributed by atoms with Gasteiger partial charge in [-0.25, -0.2) is 9.97 Å². The molecule has 0 saturated carbocycles. The van der Waals surface area contributed by atoms with E-state index in [4.69, 9.17) is 19.4 Å². The molecule has 5 nitrogen and oxygen atoms in total. The Bertz CT molecular complexity index is 634. The van der Waals surface area contributed by atoms with Gasteiger partial charge in [-0.3, -0.25) is 0 Å². The molecule has 4 rings (SSSR count). The number of aromatic nitrogens is 2. The van der Waals surface area contributed by atoms with E-state index in [0.29, 0.717) is 12.5 Å². The molecule has 0 bridgehead atoms. The van der Waals surface area contributed by atoms with Crippen molar-refractivity contribution in [3.8, 4) is 5.88 Å². The molecule has 2 aromatic rings. The summed E-state index contributed by atoms with van der Waals surface area (Å²) in [7, 11) is 0. The van der Waals surface area contributed by atoms with E-state index in [9.17, 15) is 0 Å². The molecule has 1 aromatic heterocycles. The minimum Gasteiger partial charge on any atom is -0.469 e. The summed E-state index contributed by atoms with van der Waals surface area (Å²) in [6, 6.07) is 7.96. The monoisotopic (exact) mass is 285 g/mol. The van der Waals surface area contributed by atoms with Crippen LogP contribution in [0.25, 0.3) is 11.0 Å². The minimum absolute atomic E-state index is 0.0989. The molecular weight excluding hydrogens is 266 g/mol. The lowest BCUT2D eigenvalue weighted by atomic mass is 10.3. The second-order valence-electron chi connectivity index (χ2n) is 5.64. The zero-order valence-electron chi connectivity index (χ0n) is 12.0. The smallest absolute Gasteiger partial charge is 0.258 e. The standard InChI is InChI=1S/C16H19N3O2/c1-2-6-14-13(5-1)17-15(19-8-3-4-9-19)16(18-14)21-12-7-10-20-11-12/h1-2,5-6,12H,3-4,7-11H2. The van der Waals surface area contributed by atoms with Crippen molar-refractivity contribution >= 4 is 16.9 Å². The van der Waals surface area contributed by atoms with Crippen molar-refractivity contribution in [2.24, 2.45) is 0 Å². The van der Waals surface area contributed by atoms with Gasteiger partial charge in [-0.15, -0.1) is 0 Å². The lowest BCUT2D eigenvalue weighted by Gasteiger charge is -2.21. The third-order valence-electron chi connectivity index (χ3n) is 4.09. The molecule has 21 heavy (non-hydrogen) atoms. The van der Waals surface area contributed by atoms with E-state index in [1.807, 2.05) is 24.3 Å². The van der Waals surface area contributed by atoms with Gasteiger partial charge in [-0.1, -0.05) is 12.1 Å². The number of nitrogens with zero attached hydrogens (tertiary/aromatic N) is 3. The first-order valence-electron chi connectivity index (χ1n) is 7.66. The number of anilines is 1. The highest BCUT2D eigenvalue weighted by molar-refractivity contribution is 5.77. The van der Waals surface area contributed by atoms with Crippen LogP contribution in [-0.2, 0) is 4.74 Å². The van der Waals surface area contributed by atoms with Crippen molar-refractivity contribution in [3.05, 3.63) is 24.3 Å². The summed E-state index contributed by atoms with van der Waals surface area (Å²) in [5, 5.41) is 0. The number of hydrogen-bond acceptors (Lipinski definition) is 5. The number of ether oxygens (including phenoxy) is 2. The fourth-order valence-electron chi connectivity index (χ4n) is 2.95. The Morgan fingerprint density at radius 1 is 1.10 bits per heavy atom. The predicted octanol–water partition coefficient (Wildman–Crippen LogP) is 2.40. The minimum atomic E-state index is 0.0989. The molecule has 0 radical (unpaired) electrons.